The van der Waals surface area contributed by atoms with Gasteiger partial charge in [0.25, 0.3) is 5.91 Å². The number of hydrogen-bond donors (Lipinski definition) is 6. The molecule has 0 unspecified atom stereocenters. The zero-order valence-corrected chi connectivity index (χ0v) is 26.8. The number of aromatic nitrogens is 1. The number of pyridine rings is 1. The zero-order chi connectivity index (χ0) is 32.8. The second-order valence-corrected chi connectivity index (χ2v) is 12.8. The van der Waals surface area contributed by atoms with Crippen LogP contribution in [0.15, 0.2) is 54.9 Å². The summed E-state index contributed by atoms with van der Waals surface area (Å²) in [5.41, 5.74) is 4.24. The van der Waals surface area contributed by atoms with Crippen LogP contribution in [-0.4, -0.2) is 80.1 Å². The summed E-state index contributed by atoms with van der Waals surface area (Å²) >= 11 is 13.3. The molecule has 2 aliphatic carbocycles. The molecule has 10 nitrogen and oxygen atoms in total. The minimum atomic E-state index is -1.96. The van der Waals surface area contributed by atoms with Crippen LogP contribution in [-0.2, 0) is 28.2 Å². The normalized spacial score (nSPS) is 18.0. The summed E-state index contributed by atoms with van der Waals surface area (Å²) in [6.45, 7) is -0.349. The molecule has 46 heavy (non-hydrogen) atoms. The Hall–Kier alpha value is -2.80. The van der Waals surface area contributed by atoms with Gasteiger partial charge in [0.2, 0.25) is 0 Å². The predicted octanol–water partition coefficient (Wildman–Crippen LogP) is 3.68. The number of nitrogens with zero attached hydrogens (tertiary/aromatic N) is 1. The summed E-state index contributed by atoms with van der Waals surface area (Å²) in [7, 11) is 0. The Balaban J connectivity index is 1.14. The van der Waals surface area contributed by atoms with Crippen molar-refractivity contribution in [2.75, 3.05) is 13.2 Å². The third kappa shape index (κ3) is 8.37. The molecule has 2 aromatic carbocycles. The van der Waals surface area contributed by atoms with E-state index in [4.69, 9.17) is 37.8 Å². The second kappa shape index (κ2) is 15.4. The van der Waals surface area contributed by atoms with E-state index >= 15 is 0 Å². The number of aryl methyl sites for hydroxylation is 1. The summed E-state index contributed by atoms with van der Waals surface area (Å²) in [5, 5.41) is 51.3. The number of nitrogens with one attached hydrogen (secondary N) is 1. The van der Waals surface area contributed by atoms with Crippen molar-refractivity contribution in [1.82, 2.24) is 10.3 Å². The molecule has 248 valence electrons. The van der Waals surface area contributed by atoms with E-state index in [1.165, 1.54) is 0 Å². The number of aliphatic hydroxyl groups is 5. The van der Waals surface area contributed by atoms with Crippen molar-refractivity contribution >= 4 is 29.1 Å². The van der Waals surface area contributed by atoms with Gasteiger partial charge in [0, 0.05) is 40.1 Å². The molecule has 6 N–H and O–H groups in total. The van der Waals surface area contributed by atoms with Gasteiger partial charge in [-0.2, -0.15) is 0 Å². The van der Waals surface area contributed by atoms with Gasteiger partial charge < -0.3 is 40.3 Å². The molecule has 2 saturated carbocycles. The van der Waals surface area contributed by atoms with E-state index in [9.17, 15) is 25.2 Å². The Bertz CT molecular complexity index is 1500. The topological polar surface area (TPSA) is 162 Å². The smallest absolute Gasteiger partial charge is 0.251 e. The molecule has 2 aliphatic rings. The van der Waals surface area contributed by atoms with Gasteiger partial charge >= 0.3 is 0 Å². The number of para-hydroxylation sites is 1. The number of carbonyl (C=O) groups excluding carboxylic acids is 1. The fourth-order valence-electron chi connectivity index (χ4n) is 5.34. The molecule has 0 aliphatic heterocycles. The van der Waals surface area contributed by atoms with Gasteiger partial charge in [-0.05, 0) is 85.9 Å². The highest BCUT2D eigenvalue weighted by atomic mass is 35.5. The van der Waals surface area contributed by atoms with Crippen molar-refractivity contribution in [3.8, 4) is 16.9 Å². The first kappa shape index (κ1) is 34.5. The fourth-order valence-corrected chi connectivity index (χ4v) is 5.86. The average molecular weight is 676 g/mol. The standard InChI is InChI=1S/C34H40Cl2N2O8/c35-26-16-21(27(36)15-20(26)5-3-4-13-38-33(44)32(43)31(42)30(41)28(40)18-39)19-45-34(11-12-34)25-17-37-14-10-23(25)24-6-1-2-7-29(24)46-22-8-9-22/h1-2,6-7,10,14-17,22,28,30-32,39-43H,3-5,8-9,11-13,18-19H2,(H,38,44)/t28-,30+,31-,32-/m0/s1. The number of unbranched alkanes of at least 4 members (excludes halogenated alkanes) is 1. The van der Waals surface area contributed by atoms with Gasteiger partial charge in [0.1, 0.15) is 24.1 Å². The molecule has 1 heterocycles. The van der Waals surface area contributed by atoms with E-state index in [2.05, 4.69) is 16.4 Å². The maximum Gasteiger partial charge on any atom is 0.251 e. The monoisotopic (exact) mass is 674 g/mol. The Morgan fingerprint density at radius 2 is 1.70 bits per heavy atom. The lowest BCUT2D eigenvalue weighted by molar-refractivity contribution is -0.148. The van der Waals surface area contributed by atoms with E-state index in [0.717, 1.165) is 59.3 Å². The van der Waals surface area contributed by atoms with Crippen molar-refractivity contribution < 1.29 is 39.8 Å². The lowest BCUT2D eigenvalue weighted by Crippen LogP contribution is -2.51. The van der Waals surface area contributed by atoms with Gasteiger partial charge in [-0.1, -0.05) is 41.4 Å². The predicted molar refractivity (Wildman–Crippen MR) is 173 cm³/mol. The number of benzene rings is 2. The van der Waals surface area contributed by atoms with E-state index in [1.807, 2.05) is 42.6 Å². The quantitative estimate of drug-likeness (QED) is 0.117. The molecular formula is C34H40Cl2N2O8. The van der Waals surface area contributed by atoms with Gasteiger partial charge in [-0.15, -0.1) is 0 Å². The lowest BCUT2D eigenvalue weighted by atomic mass is 9.96. The summed E-state index contributed by atoms with van der Waals surface area (Å²) in [4.78, 5) is 16.5. The highest BCUT2D eigenvalue weighted by Gasteiger charge is 2.48. The molecule has 0 saturated heterocycles. The van der Waals surface area contributed by atoms with Crippen LogP contribution in [0.3, 0.4) is 0 Å². The van der Waals surface area contributed by atoms with Crippen LogP contribution in [0.5, 0.6) is 5.75 Å². The minimum Gasteiger partial charge on any atom is -0.490 e. The third-order valence-corrected chi connectivity index (χ3v) is 9.13. The Labute approximate surface area is 277 Å². The largest absolute Gasteiger partial charge is 0.490 e. The van der Waals surface area contributed by atoms with Crippen LogP contribution in [0.4, 0.5) is 0 Å². The molecule has 1 aromatic heterocycles. The number of halogens is 2. The molecule has 1 amide bonds. The van der Waals surface area contributed by atoms with Crippen molar-refractivity contribution in [1.29, 1.82) is 0 Å². The van der Waals surface area contributed by atoms with E-state index in [1.54, 1.807) is 6.20 Å². The van der Waals surface area contributed by atoms with Crippen molar-refractivity contribution in [2.45, 2.75) is 87.7 Å². The van der Waals surface area contributed by atoms with Crippen molar-refractivity contribution in [2.24, 2.45) is 0 Å². The Morgan fingerprint density at radius 1 is 0.978 bits per heavy atom. The molecule has 12 heteroatoms. The minimum absolute atomic E-state index is 0.203. The maximum atomic E-state index is 12.1. The zero-order valence-electron chi connectivity index (χ0n) is 25.3. The molecule has 5 rings (SSSR count). The number of ether oxygens (including phenoxy) is 2. The first-order chi connectivity index (χ1) is 22.1. The van der Waals surface area contributed by atoms with Crippen LogP contribution in [0.1, 0.15) is 55.2 Å². The Kier molecular flexibility index (Phi) is 11.6. The molecule has 0 radical (unpaired) electrons. The van der Waals surface area contributed by atoms with Crippen LogP contribution in [0.25, 0.3) is 11.1 Å². The highest BCUT2D eigenvalue weighted by molar-refractivity contribution is 6.34. The first-order valence-corrected chi connectivity index (χ1v) is 16.3. The number of rotatable bonds is 17. The number of carbonyl (C=O) groups is 1. The molecule has 2 fully saturated rings. The number of hydrogen-bond acceptors (Lipinski definition) is 9. The summed E-state index contributed by atoms with van der Waals surface area (Å²) in [6.07, 6.45) is 2.14. The van der Waals surface area contributed by atoms with E-state index < -0.39 is 42.5 Å². The first-order valence-electron chi connectivity index (χ1n) is 15.6. The lowest BCUT2D eigenvalue weighted by Gasteiger charge is -2.24. The summed E-state index contributed by atoms with van der Waals surface area (Å²) < 4.78 is 12.7. The maximum absolute atomic E-state index is 12.1. The van der Waals surface area contributed by atoms with Gasteiger partial charge in [0.05, 0.1) is 24.9 Å². The number of aliphatic hydroxyl groups excluding tert-OH is 5. The molecule has 0 bridgehead atoms. The number of amides is 1. The van der Waals surface area contributed by atoms with Crippen molar-refractivity contribution in [3.63, 3.8) is 0 Å². The van der Waals surface area contributed by atoms with Crippen LogP contribution < -0.4 is 10.1 Å². The van der Waals surface area contributed by atoms with E-state index in [0.29, 0.717) is 29.3 Å². The Morgan fingerprint density at radius 3 is 2.41 bits per heavy atom. The fraction of sp³-hybridized carbons (Fsp3) is 0.471. The molecular weight excluding hydrogens is 635 g/mol. The summed E-state index contributed by atoms with van der Waals surface area (Å²) in [5.74, 6) is -0.0305. The second-order valence-electron chi connectivity index (χ2n) is 12.0. The van der Waals surface area contributed by atoms with Crippen LogP contribution in [0.2, 0.25) is 10.0 Å². The van der Waals surface area contributed by atoms with Gasteiger partial charge in [-0.25, -0.2) is 0 Å². The SMILES string of the molecule is O=C(NCCCCc1cc(Cl)c(COC2(c3cnccc3-c3ccccc3OC3CC3)CC2)cc1Cl)[C@@H](O)[C@@H](O)[C@H](O)[C@@H](O)CO. The molecule has 0 spiro atoms. The van der Waals surface area contributed by atoms with Crippen molar-refractivity contribution in [3.05, 3.63) is 81.6 Å². The molecule has 3 aromatic rings. The molecule has 4 atom stereocenters. The summed E-state index contributed by atoms with van der Waals surface area (Å²) in [6, 6.07) is 13.7. The van der Waals surface area contributed by atoms with Gasteiger partial charge in [-0.3, -0.25) is 9.78 Å². The average Bonchev–Trinajstić information content (AvgIpc) is 4.01. The van der Waals surface area contributed by atoms with Gasteiger partial charge in [0.15, 0.2) is 6.10 Å². The third-order valence-electron chi connectivity index (χ3n) is 8.43. The highest BCUT2D eigenvalue weighted by Crippen LogP contribution is 2.53. The van der Waals surface area contributed by atoms with Crippen LogP contribution in [0, 0.1) is 0 Å². The van der Waals surface area contributed by atoms with Crippen LogP contribution >= 0.6 is 23.2 Å². The van der Waals surface area contributed by atoms with E-state index in [-0.39, 0.29) is 19.3 Å².